The molecule has 0 saturated heterocycles. The highest BCUT2D eigenvalue weighted by Gasteiger charge is 2.68. The number of fused-ring (bicyclic) bond motifs is 7. The first-order valence-corrected chi connectivity index (χ1v) is 19.3. The van der Waals surface area contributed by atoms with E-state index in [0.717, 1.165) is 65.7 Å². The van der Waals surface area contributed by atoms with E-state index in [1.54, 1.807) is 0 Å². The Kier molecular flexibility index (Phi) is 11.1. The van der Waals surface area contributed by atoms with Crippen molar-refractivity contribution < 1.29 is 48.0 Å². The van der Waals surface area contributed by atoms with Gasteiger partial charge in [-0.2, -0.15) is 0 Å². The normalized spacial score (nSPS) is 40.0. The molecule has 51 heavy (non-hydrogen) atoms. The van der Waals surface area contributed by atoms with Crippen molar-refractivity contribution in [1.82, 2.24) is 0 Å². The Morgan fingerprint density at radius 1 is 0.902 bits per heavy atom. The van der Waals surface area contributed by atoms with Crippen LogP contribution in [0.25, 0.3) is 0 Å². The van der Waals surface area contributed by atoms with Crippen LogP contribution in [0.4, 0.5) is 4.39 Å². The average Bonchev–Trinajstić information content (AvgIpc) is 3.04. The van der Waals surface area contributed by atoms with Gasteiger partial charge in [-0.05, 0) is 97.2 Å². The van der Waals surface area contributed by atoms with Crippen molar-refractivity contribution in [3.63, 3.8) is 0 Å². The Morgan fingerprint density at radius 2 is 1.51 bits per heavy atom. The number of allylic oxidation sites excluding steroid dienone is 2. The number of ketones is 1. The van der Waals surface area contributed by atoms with Gasteiger partial charge >= 0.3 is 17.9 Å². The van der Waals surface area contributed by atoms with E-state index in [1.807, 2.05) is 0 Å². The summed E-state index contributed by atoms with van der Waals surface area (Å²) in [4.78, 5) is 49.8. The standard InChI is InChI=1S/C41H63FO9/c1-23-28-12-15-40(9)33(38(28,7)14-13-31(23)47)11-10-29-30-20-37(5,6)16-18-41(30,19-17-39(29,40)8)36(48)27(21-42)34(50-25(3)45)35(51-26(4)46)32(22-43)49-24(2)44/h10,23,27-28,30,32-36,43,48H,11-22H2,1-9H3/t23?,27?,28?,30?,32?,33?,34?,35?,36?,38?,39-,40?,41?/m1/s1. The second kappa shape index (κ2) is 14.1. The number of carbonyl (C=O) groups is 4. The van der Waals surface area contributed by atoms with Gasteiger partial charge in [0.2, 0.25) is 0 Å². The summed E-state index contributed by atoms with van der Waals surface area (Å²) in [6, 6.07) is 0. The first-order chi connectivity index (χ1) is 23.7. The number of aliphatic hydroxyl groups excluding tert-OH is 2. The predicted octanol–water partition coefficient (Wildman–Crippen LogP) is 6.70. The number of hydrogen-bond acceptors (Lipinski definition) is 9. The molecule has 0 bridgehead atoms. The number of ether oxygens (including phenoxy) is 3. The summed E-state index contributed by atoms with van der Waals surface area (Å²) in [6.45, 7) is 15.5. The van der Waals surface area contributed by atoms with Crippen molar-refractivity contribution in [2.75, 3.05) is 13.3 Å². The van der Waals surface area contributed by atoms with Crippen molar-refractivity contribution in [2.45, 2.75) is 151 Å². The highest BCUT2D eigenvalue weighted by molar-refractivity contribution is 5.82. The first kappa shape index (κ1) is 39.9. The molecule has 0 radical (unpaired) electrons. The summed E-state index contributed by atoms with van der Waals surface area (Å²) in [5, 5.41) is 22.9. The molecule has 0 heterocycles. The van der Waals surface area contributed by atoms with Gasteiger partial charge in [0.1, 0.15) is 5.78 Å². The van der Waals surface area contributed by atoms with Gasteiger partial charge in [0.25, 0.3) is 0 Å². The molecule has 2 N–H and O–H groups in total. The summed E-state index contributed by atoms with van der Waals surface area (Å²) in [6.07, 6.45) is 4.79. The Balaban J connectivity index is 1.59. The molecule has 9 nitrogen and oxygen atoms in total. The lowest BCUT2D eigenvalue weighted by molar-refractivity contribution is -0.210. The molecule has 0 aromatic heterocycles. The molecule has 12 unspecified atom stereocenters. The summed E-state index contributed by atoms with van der Waals surface area (Å²) in [7, 11) is 0. The molecule has 4 saturated carbocycles. The Morgan fingerprint density at radius 3 is 2.10 bits per heavy atom. The number of halogens is 1. The van der Waals surface area contributed by atoms with Crippen molar-refractivity contribution in [2.24, 2.45) is 56.7 Å². The fourth-order valence-corrected chi connectivity index (χ4v) is 12.6. The molecule has 10 heteroatoms. The zero-order valence-corrected chi connectivity index (χ0v) is 32.4. The average molecular weight is 719 g/mol. The number of rotatable bonds is 10. The van der Waals surface area contributed by atoms with Crippen molar-refractivity contribution in [3.05, 3.63) is 11.6 Å². The maximum absolute atomic E-state index is 15.6. The maximum Gasteiger partial charge on any atom is 0.303 e. The SMILES string of the molecule is CC(=O)OC(CO)C(OC(C)=O)C(OC(C)=O)C(CF)C(O)C12CCC(C)(C)CC1C1=CCC3C4(C)CCC(=O)C(C)C4CCC3(C)[C@]1(C)CC2. The van der Waals surface area contributed by atoms with E-state index in [0.29, 0.717) is 36.9 Å². The first-order valence-electron chi connectivity index (χ1n) is 19.3. The van der Waals surface area contributed by atoms with Crippen LogP contribution in [0.3, 0.4) is 0 Å². The van der Waals surface area contributed by atoms with E-state index in [-0.39, 0.29) is 33.5 Å². The van der Waals surface area contributed by atoms with Gasteiger partial charge < -0.3 is 24.4 Å². The highest BCUT2D eigenvalue weighted by atomic mass is 19.1. The smallest absolute Gasteiger partial charge is 0.303 e. The quantitative estimate of drug-likeness (QED) is 0.144. The third-order valence-corrected chi connectivity index (χ3v) is 15.4. The number of esters is 3. The van der Waals surface area contributed by atoms with Crippen LogP contribution in [0.1, 0.15) is 127 Å². The van der Waals surface area contributed by atoms with E-state index in [4.69, 9.17) is 14.2 Å². The third kappa shape index (κ3) is 6.61. The van der Waals surface area contributed by atoms with Crippen LogP contribution in [0.15, 0.2) is 11.6 Å². The Labute approximate surface area is 303 Å². The predicted molar refractivity (Wildman–Crippen MR) is 189 cm³/mol. The van der Waals surface area contributed by atoms with Crippen LogP contribution >= 0.6 is 0 Å². The molecule has 0 aliphatic heterocycles. The van der Waals surface area contributed by atoms with Crippen LogP contribution in [0.5, 0.6) is 0 Å². The molecule has 0 spiro atoms. The number of alkyl halides is 1. The molecule has 4 fully saturated rings. The van der Waals surface area contributed by atoms with Gasteiger partial charge in [0.05, 0.1) is 25.3 Å². The minimum Gasteiger partial charge on any atom is -0.458 e. The van der Waals surface area contributed by atoms with E-state index < -0.39 is 66.9 Å². The van der Waals surface area contributed by atoms with E-state index in [9.17, 15) is 29.4 Å². The maximum atomic E-state index is 15.6. The van der Waals surface area contributed by atoms with Gasteiger partial charge in [-0.15, -0.1) is 0 Å². The van der Waals surface area contributed by atoms with Crippen molar-refractivity contribution >= 4 is 23.7 Å². The summed E-state index contributed by atoms with van der Waals surface area (Å²) >= 11 is 0. The number of carbonyl (C=O) groups excluding carboxylic acids is 4. The number of Topliss-reactive ketones (excluding diaryl/α,β-unsaturated/α-hetero) is 1. The molecule has 5 aliphatic carbocycles. The third-order valence-electron chi connectivity index (χ3n) is 15.4. The van der Waals surface area contributed by atoms with Gasteiger partial charge in [-0.1, -0.05) is 53.2 Å². The fourth-order valence-electron chi connectivity index (χ4n) is 12.6. The lowest BCUT2D eigenvalue weighted by atomic mass is 9.34. The minimum absolute atomic E-state index is 0.0281. The lowest BCUT2D eigenvalue weighted by Gasteiger charge is -2.70. The second-order valence-electron chi connectivity index (χ2n) is 18.5. The zero-order chi connectivity index (χ0) is 37.9. The molecular formula is C41H63FO9. The van der Waals surface area contributed by atoms with Crippen LogP contribution < -0.4 is 0 Å². The Bertz CT molecular complexity index is 1410. The zero-order valence-electron chi connectivity index (χ0n) is 32.4. The highest BCUT2D eigenvalue weighted by Crippen LogP contribution is 2.75. The topological polar surface area (TPSA) is 136 Å². The molecule has 0 aromatic carbocycles. The monoisotopic (exact) mass is 718 g/mol. The molecule has 288 valence electrons. The Hall–Kier alpha value is -2.33. The van der Waals surface area contributed by atoms with Crippen LogP contribution in [-0.2, 0) is 33.4 Å². The van der Waals surface area contributed by atoms with Crippen LogP contribution in [0.2, 0.25) is 0 Å². The molecule has 5 aliphatic rings. The van der Waals surface area contributed by atoms with Gasteiger partial charge in [0, 0.05) is 38.5 Å². The van der Waals surface area contributed by atoms with Crippen LogP contribution in [-0.4, -0.2) is 71.6 Å². The summed E-state index contributed by atoms with van der Waals surface area (Å²) in [5.74, 6) is -2.51. The largest absolute Gasteiger partial charge is 0.458 e. The molecular weight excluding hydrogens is 655 g/mol. The van der Waals surface area contributed by atoms with Crippen LogP contribution in [0, 0.1) is 56.7 Å². The number of hydrogen-bond donors (Lipinski definition) is 2. The van der Waals surface area contributed by atoms with Gasteiger partial charge in [-0.25, -0.2) is 0 Å². The molecule has 0 amide bonds. The van der Waals surface area contributed by atoms with Gasteiger partial charge in [-0.3, -0.25) is 23.6 Å². The minimum atomic E-state index is -1.55. The summed E-state index contributed by atoms with van der Waals surface area (Å²) < 4.78 is 32.2. The lowest BCUT2D eigenvalue weighted by Crippen LogP contribution is -2.65. The van der Waals surface area contributed by atoms with Crippen molar-refractivity contribution in [3.8, 4) is 0 Å². The molecule has 13 atom stereocenters. The summed E-state index contributed by atoms with van der Waals surface area (Å²) in [5.41, 5.74) is 0.397. The second-order valence-corrected chi connectivity index (χ2v) is 18.5. The number of aliphatic hydroxyl groups is 2. The molecule has 0 aromatic rings. The van der Waals surface area contributed by atoms with E-state index in [2.05, 4.69) is 47.6 Å². The van der Waals surface area contributed by atoms with Crippen molar-refractivity contribution in [1.29, 1.82) is 0 Å². The molecule has 5 rings (SSSR count). The van der Waals surface area contributed by atoms with E-state index >= 15 is 4.39 Å². The fraction of sp³-hybridized carbons (Fsp3) is 0.854. The van der Waals surface area contributed by atoms with Gasteiger partial charge in [0.15, 0.2) is 18.3 Å². The van der Waals surface area contributed by atoms with E-state index in [1.165, 1.54) is 5.57 Å².